The predicted molar refractivity (Wildman–Crippen MR) is 74.0 cm³/mol. The number of furan rings is 1. The summed E-state index contributed by atoms with van der Waals surface area (Å²) in [7, 11) is 0. The standard InChI is InChI=1S/C13H11ClN2OS/c14-13-8(5-6-17-13)9(15)7-12-16-10-3-1-2-4-11(10)18-12/h1-6,9H,7,15H2. The molecule has 3 rings (SSSR count). The molecule has 0 aliphatic heterocycles. The fraction of sp³-hybridized carbons (Fsp3) is 0.154. The number of benzene rings is 1. The van der Waals surface area contributed by atoms with Crippen molar-refractivity contribution in [1.29, 1.82) is 0 Å². The van der Waals surface area contributed by atoms with Crippen LogP contribution in [0.3, 0.4) is 0 Å². The third kappa shape index (κ3) is 2.14. The van der Waals surface area contributed by atoms with Gasteiger partial charge in [0.05, 0.1) is 21.5 Å². The van der Waals surface area contributed by atoms with Crippen molar-refractivity contribution in [2.75, 3.05) is 0 Å². The van der Waals surface area contributed by atoms with Crippen LogP contribution in [0.5, 0.6) is 0 Å². The van der Waals surface area contributed by atoms with Gasteiger partial charge in [0.25, 0.3) is 0 Å². The Kier molecular flexibility index (Phi) is 3.07. The maximum atomic E-state index is 6.12. The van der Waals surface area contributed by atoms with Gasteiger partial charge in [0, 0.05) is 18.0 Å². The molecular weight excluding hydrogens is 268 g/mol. The van der Waals surface area contributed by atoms with Gasteiger partial charge in [-0.3, -0.25) is 0 Å². The van der Waals surface area contributed by atoms with Crippen molar-refractivity contribution >= 4 is 33.2 Å². The van der Waals surface area contributed by atoms with E-state index in [9.17, 15) is 0 Å². The van der Waals surface area contributed by atoms with Gasteiger partial charge in [0.15, 0.2) is 5.22 Å². The van der Waals surface area contributed by atoms with Crippen molar-refractivity contribution < 1.29 is 4.42 Å². The summed E-state index contributed by atoms with van der Waals surface area (Å²) < 4.78 is 6.23. The number of aromatic nitrogens is 1. The molecule has 3 nitrogen and oxygen atoms in total. The zero-order valence-electron chi connectivity index (χ0n) is 9.47. The van der Waals surface area contributed by atoms with E-state index in [4.69, 9.17) is 21.8 Å². The first-order valence-corrected chi connectivity index (χ1v) is 6.76. The highest BCUT2D eigenvalue weighted by molar-refractivity contribution is 7.18. The summed E-state index contributed by atoms with van der Waals surface area (Å²) in [4.78, 5) is 4.56. The van der Waals surface area contributed by atoms with Gasteiger partial charge < -0.3 is 10.2 Å². The van der Waals surface area contributed by atoms with Crippen LogP contribution in [-0.2, 0) is 6.42 Å². The number of thiazole rings is 1. The van der Waals surface area contributed by atoms with Crippen LogP contribution >= 0.6 is 22.9 Å². The number of hydrogen-bond acceptors (Lipinski definition) is 4. The fourth-order valence-electron chi connectivity index (χ4n) is 1.88. The third-order valence-corrected chi connectivity index (χ3v) is 4.14. The maximum Gasteiger partial charge on any atom is 0.197 e. The fourth-order valence-corrected chi connectivity index (χ4v) is 3.16. The molecule has 0 bridgehead atoms. The molecule has 0 amide bonds. The summed E-state index contributed by atoms with van der Waals surface area (Å²) in [6.07, 6.45) is 2.22. The van der Waals surface area contributed by atoms with E-state index in [1.807, 2.05) is 18.2 Å². The second kappa shape index (κ2) is 4.72. The minimum absolute atomic E-state index is 0.184. The Morgan fingerprint density at radius 3 is 2.89 bits per heavy atom. The molecule has 1 atom stereocenters. The van der Waals surface area contributed by atoms with Crippen LogP contribution in [0.2, 0.25) is 5.22 Å². The predicted octanol–water partition coefficient (Wildman–Crippen LogP) is 3.79. The second-order valence-corrected chi connectivity index (χ2v) is 5.49. The van der Waals surface area contributed by atoms with E-state index >= 15 is 0 Å². The lowest BCUT2D eigenvalue weighted by molar-refractivity contribution is 0.560. The lowest BCUT2D eigenvalue weighted by Gasteiger charge is -2.06. The van der Waals surface area contributed by atoms with Gasteiger partial charge in [-0.2, -0.15) is 0 Å². The Bertz CT molecular complexity index is 643. The Morgan fingerprint density at radius 1 is 1.33 bits per heavy atom. The number of nitrogens with zero attached hydrogens (tertiary/aromatic N) is 1. The molecule has 3 aromatic rings. The normalized spacial score (nSPS) is 13.0. The summed E-state index contributed by atoms with van der Waals surface area (Å²) in [5, 5.41) is 1.38. The van der Waals surface area contributed by atoms with Crippen molar-refractivity contribution in [2.24, 2.45) is 5.73 Å². The largest absolute Gasteiger partial charge is 0.453 e. The van der Waals surface area contributed by atoms with Crippen molar-refractivity contribution in [1.82, 2.24) is 4.98 Å². The summed E-state index contributed by atoms with van der Waals surface area (Å²) >= 11 is 7.58. The number of nitrogens with two attached hydrogens (primary N) is 1. The highest BCUT2D eigenvalue weighted by Gasteiger charge is 2.15. The van der Waals surface area contributed by atoms with Crippen molar-refractivity contribution in [3.63, 3.8) is 0 Å². The van der Waals surface area contributed by atoms with E-state index in [2.05, 4.69) is 11.1 Å². The number of hydrogen-bond donors (Lipinski definition) is 1. The third-order valence-electron chi connectivity index (χ3n) is 2.78. The summed E-state index contributed by atoms with van der Waals surface area (Å²) in [6, 6.07) is 9.69. The molecule has 18 heavy (non-hydrogen) atoms. The van der Waals surface area contributed by atoms with Crippen molar-refractivity contribution in [3.8, 4) is 0 Å². The minimum Gasteiger partial charge on any atom is -0.453 e. The van der Waals surface area contributed by atoms with Crippen LogP contribution in [0, 0.1) is 0 Å². The van der Waals surface area contributed by atoms with Crippen LogP contribution < -0.4 is 5.73 Å². The molecule has 2 aromatic heterocycles. The number of rotatable bonds is 3. The average molecular weight is 279 g/mol. The molecule has 1 aromatic carbocycles. The molecular formula is C13H11ClN2OS. The average Bonchev–Trinajstić information content (AvgIpc) is 2.94. The van der Waals surface area contributed by atoms with Crippen LogP contribution in [-0.4, -0.2) is 4.98 Å². The lowest BCUT2D eigenvalue weighted by atomic mass is 10.1. The van der Waals surface area contributed by atoms with Gasteiger partial charge in [-0.1, -0.05) is 12.1 Å². The molecule has 2 N–H and O–H groups in total. The van der Waals surface area contributed by atoms with E-state index in [1.54, 1.807) is 23.7 Å². The zero-order chi connectivity index (χ0) is 12.5. The molecule has 0 aliphatic carbocycles. The van der Waals surface area contributed by atoms with Crippen LogP contribution in [0.15, 0.2) is 41.0 Å². The Labute approximate surface area is 113 Å². The lowest BCUT2D eigenvalue weighted by Crippen LogP contribution is -2.12. The molecule has 0 aliphatic rings. The molecule has 0 spiro atoms. The number of fused-ring (bicyclic) bond motifs is 1. The molecule has 0 radical (unpaired) electrons. The molecule has 1 unspecified atom stereocenters. The molecule has 0 fully saturated rings. The molecule has 92 valence electrons. The number of halogens is 1. The maximum absolute atomic E-state index is 6.12. The Balaban J connectivity index is 1.86. The first kappa shape index (κ1) is 11.7. The van der Waals surface area contributed by atoms with Gasteiger partial charge in [-0.15, -0.1) is 11.3 Å². The summed E-state index contributed by atoms with van der Waals surface area (Å²) in [6.45, 7) is 0. The van der Waals surface area contributed by atoms with E-state index in [0.717, 1.165) is 16.1 Å². The molecule has 0 saturated carbocycles. The zero-order valence-corrected chi connectivity index (χ0v) is 11.0. The van der Waals surface area contributed by atoms with Crippen LogP contribution in [0.4, 0.5) is 0 Å². The highest BCUT2D eigenvalue weighted by Crippen LogP contribution is 2.28. The summed E-state index contributed by atoms with van der Waals surface area (Å²) in [5.41, 5.74) is 7.96. The van der Waals surface area contributed by atoms with Gasteiger partial charge in [0.2, 0.25) is 0 Å². The quantitative estimate of drug-likeness (QED) is 0.793. The van der Waals surface area contributed by atoms with Gasteiger partial charge in [-0.05, 0) is 29.8 Å². The minimum atomic E-state index is -0.184. The van der Waals surface area contributed by atoms with E-state index < -0.39 is 0 Å². The first-order valence-electron chi connectivity index (χ1n) is 5.57. The summed E-state index contributed by atoms with van der Waals surface area (Å²) in [5.74, 6) is 0. The van der Waals surface area contributed by atoms with Crippen molar-refractivity contribution in [3.05, 3.63) is 52.4 Å². The topological polar surface area (TPSA) is 52.0 Å². The van der Waals surface area contributed by atoms with E-state index in [1.165, 1.54) is 4.70 Å². The van der Waals surface area contributed by atoms with Gasteiger partial charge in [0.1, 0.15) is 0 Å². The Hall–Kier alpha value is -1.36. The SMILES string of the molecule is NC(Cc1nc2ccccc2s1)c1ccoc1Cl. The molecule has 5 heteroatoms. The smallest absolute Gasteiger partial charge is 0.197 e. The van der Waals surface area contributed by atoms with Gasteiger partial charge >= 0.3 is 0 Å². The van der Waals surface area contributed by atoms with Crippen LogP contribution in [0.25, 0.3) is 10.2 Å². The molecule has 2 heterocycles. The van der Waals surface area contributed by atoms with Crippen molar-refractivity contribution in [2.45, 2.75) is 12.5 Å². The van der Waals surface area contributed by atoms with E-state index in [0.29, 0.717) is 11.6 Å². The van der Waals surface area contributed by atoms with Crippen LogP contribution in [0.1, 0.15) is 16.6 Å². The van der Waals surface area contributed by atoms with Gasteiger partial charge in [-0.25, -0.2) is 4.98 Å². The number of para-hydroxylation sites is 1. The Morgan fingerprint density at radius 2 is 2.17 bits per heavy atom. The monoisotopic (exact) mass is 278 g/mol. The van der Waals surface area contributed by atoms with E-state index in [-0.39, 0.29) is 6.04 Å². The first-order chi connectivity index (χ1) is 8.74. The second-order valence-electron chi connectivity index (χ2n) is 4.04. The highest BCUT2D eigenvalue weighted by atomic mass is 35.5. The molecule has 0 saturated heterocycles.